The van der Waals surface area contributed by atoms with Crippen molar-refractivity contribution < 1.29 is 5.11 Å². The molecule has 0 aliphatic carbocycles. The van der Waals surface area contributed by atoms with Gasteiger partial charge in [-0.3, -0.25) is 0 Å². The Morgan fingerprint density at radius 2 is 0.774 bits per heavy atom. The molecule has 0 aliphatic rings. The molecule has 5 heteroatoms. The third kappa shape index (κ3) is 4.71. The van der Waals surface area contributed by atoms with Crippen LogP contribution in [0.25, 0.3) is 0 Å². The summed E-state index contributed by atoms with van der Waals surface area (Å²) >= 11 is 0. The van der Waals surface area contributed by atoms with E-state index < -0.39 is 7.26 Å². The third-order valence-electron chi connectivity index (χ3n) is 5.86. The fourth-order valence-corrected chi connectivity index (χ4v) is 7.94. The van der Waals surface area contributed by atoms with Gasteiger partial charge in [0.05, 0.1) is 12.8 Å². The predicted octanol–water partition coefficient (Wildman–Crippen LogP) is 3.17. The van der Waals surface area contributed by atoms with Crippen molar-refractivity contribution in [2.45, 2.75) is 0 Å². The molecule has 0 aliphatic heterocycles. The monoisotopic (exact) mass is 436 g/mol. The van der Waals surface area contributed by atoms with Crippen molar-refractivity contribution in [3.05, 3.63) is 72.8 Å². The van der Waals surface area contributed by atoms with Crippen LogP contribution in [0.1, 0.15) is 0 Å². The summed E-state index contributed by atoms with van der Waals surface area (Å²) in [6.45, 7) is 0.147. The molecule has 0 heterocycles. The van der Waals surface area contributed by atoms with Gasteiger partial charge < -0.3 is 19.8 Å². The van der Waals surface area contributed by atoms with E-state index in [2.05, 4.69) is 130 Å². The smallest absolute Gasteiger partial charge is 0.114 e. The Balaban J connectivity index is 2.23. The summed E-state index contributed by atoms with van der Waals surface area (Å²) in [5, 5.41) is 14.1. The molecular formula is C26H35N3OP+. The summed E-state index contributed by atoms with van der Waals surface area (Å²) in [6, 6.07) is 26.6. The largest absolute Gasteiger partial charge is 0.393 e. The van der Waals surface area contributed by atoms with Crippen LogP contribution in [0.5, 0.6) is 0 Å². The molecule has 164 valence electrons. The number of aliphatic hydroxyl groups excluding tert-OH is 1. The van der Waals surface area contributed by atoms with Crippen molar-refractivity contribution in [1.82, 2.24) is 0 Å². The van der Waals surface area contributed by atoms with Gasteiger partial charge in [0.15, 0.2) is 0 Å². The molecule has 3 aromatic rings. The van der Waals surface area contributed by atoms with Crippen LogP contribution < -0.4 is 30.6 Å². The number of aliphatic hydroxyl groups is 1. The van der Waals surface area contributed by atoms with Gasteiger partial charge in [-0.2, -0.15) is 0 Å². The van der Waals surface area contributed by atoms with Crippen molar-refractivity contribution in [1.29, 1.82) is 0 Å². The molecule has 0 aromatic heterocycles. The van der Waals surface area contributed by atoms with Crippen LogP contribution in [0.3, 0.4) is 0 Å². The Bertz CT molecular complexity index is 840. The lowest BCUT2D eigenvalue weighted by Crippen LogP contribution is -2.34. The quantitative estimate of drug-likeness (QED) is 0.550. The Morgan fingerprint density at radius 1 is 0.516 bits per heavy atom. The molecule has 4 nitrogen and oxygen atoms in total. The standard InChI is InChI=1S/C26H35N3OP/c1-27(2)21-7-13-24(14-8-21)31(20-19-30,25-15-9-22(10-16-25)28(3)4)26-17-11-23(12-18-26)29(5)6/h7-18,30H,19-20H2,1-6H3/q+1. The molecule has 31 heavy (non-hydrogen) atoms. The molecule has 0 unspecified atom stereocenters. The van der Waals surface area contributed by atoms with Crippen LogP contribution in [-0.4, -0.2) is 60.2 Å². The fraction of sp³-hybridized carbons (Fsp3) is 0.308. The van der Waals surface area contributed by atoms with Gasteiger partial charge in [0.1, 0.15) is 23.2 Å². The van der Waals surface area contributed by atoms with Gasteiger partial charge in [-0.25, -0.2) is 0 Å². The van der Waals surface area contributed by atoms with E-state index in [4.69, 9.17) is 0 Å². The molecule has 0 saturated carbocycles. The lowest BCUT2D eigenvalue weighted by Gasteiger charge is -2.28. The SMILES string of the molecule is CN(C)c1ccc([P+](CCO)(c2ccc(N(C)C)cc2)c2ccc(N(C)C)cc2)cc1. The highest BCUT2D eigenvalue weighted by atomic mass is 31.2. The molecule has 0 bridgehead atoms. The average Bonchev–Trinajstić information content (AvgIpc) is 2.78. The maximum atomic E-state index is 10.2. The van der Waals surface area contributed by atoms with Crippen LogP contribution in [0.15, 0.2) is 72.8 Å². The Morgan fingerprint density at radius 3 is 0.968 bits per heavy atom. The maximum absolute atomic E-state index is 10.2. The van der Waals surface area contributed by atoms with Crippen molar-refractivity contribution in [2.75, 3.05) is 69.8 Å². The van der Waals surface area contributed by atoms with E-state index >= 15 is 0 Å². The average molecular weight is 437 g/mol. The minimum atomic E-state index is -2.01. The topological polar surface area (TPSA) is 30.0 Å². The zero-order valence-electron chi connectivity index (χ0n) is 19.6. The first-order valence-corrected chi connectivity index (χ1v) is 12.6. The summed E-state index contributed by atoms with van der Waals surface area (Å²) in [5.74, 6) is 0. The lowest BCUT2D eigenvalue weighted by atomic mass is 10.3. The van der Waals surface area contributed by atoms with E-state index in [1.54, 1.807) is 0 Å². The predicted molar refractivity (Wildman–Crippen MR) is 140 cm³/mol. The summed E-state index contributed by atoms with van der Waals surface area (Å²) < 4.78 is 0. The van der Waals surface area contributed by atoms with Crippen LogP contribution in [0.4, 0.5) is 17.1 Å². The molecule has 3 aromatic carbocycles. The summed E-state index contributed by atoms with van der Waals surface area (Å²) in [6.07, 6.45) is 0.719. The minimum absolute atomic E-state index is 0.147. The van der Waals surface area contributed by atoms with E-state index in [9.17, 15) is 5.11 Å². The highest BCUT2D eigenvalue weighted by Crippen LogP contribution is 2.55. The zero-order chi connectivity index (χ0) is 22.6. The van der Waals surface area contributed by atoms with Gasteiger partial charge in [-0.15, -0.1) is 0 Å². The second-order valence-electron chi connectivity index (χ2n) is 8.49. The summed E-state index contributed by atoms with van der Waals surface area (Å²) in [5.41, 5.74) is 3.53. The highest BCUT2D eigenvalue weighted by molar-refractivity contribution is 7.95. The molecule has 3 rings (SSSR count). The second-order valence-corrected chi connectivity index (χ2v) is 12.1. The first-order chi connectivity index (χ1) is 14.8. The number of rotatable bonds is 8. The van der Waals surface area contributed by atoms with Gasteiger partial charge in [0.2, 0.25) is 0 Å². The number of nitrogens with zero attached hydrogens (tertiary/aromatic N) is 3. The number of benzene rings is 3. The maximum Gasteiger partial charge on any atom is 0.114 e. The van der Waals surface area contributed by atoms with Gasteiger partial charge in [-0.1, -0.05) is 0 Å². The van der Waals surface area contributed by atoms with E-state index in [-0.39, 0.29) is 6.61 Å². The normalized spacial score (nSPS) is 11.3. The van der Waals surface area contributed by atoms with Crippen molar-refractivity contribution in [2.24, 2.45) is 0 Å². The van der Waals surface area contributed by atoms with Gasteiger partial charge in [0.25, 0.3) is 0 Å². The lowest BCUT2D eigenvalue weighted by molar-refractivity contribution is 0.321. The van der Waals surface area contributed by atoms with Gasteiger partial charge in [-0.05, 0) is 72.8 Å². The Labute approximate surface area is 188 Å². The van der Waals surface area contributed by atoms with E-state index in [1.165, 1.54) is 33.0 Å². The van der Waals surface area contributed by atoms with Crippen molar-refractivity contribution in [3.63, 3.8) is 0 Å². The molecule has 0 radical (unpaired) electrons. The van der Waals surface area contributed by atoms with Crippen LogP contribution >= 0.6 is 7.26 Å². The molecular weight excluding hydrogens is 401 g/mol. The number of anilines is 3. The second kappa shape index (κ2) is 9.72. The van der Waals surface area contributed by atoms with Gasteiger partial charge >= 0.3 is 0 Å². The summed E-state index contributed by atoms with van der Waals surface area (Å²) in [7, 11) is 10.4. The summed E-state index contributed by atoms with van der Waals surface area (Å²) in [4.78, 5) is 6.36. The molecule has 0 atom stereocenters. The Kier molecular flexibility index (Phi) is 7.25. The van der Waals surface area contributed by atoms with E-state index in [0.29, 0.717) is 0 Å². The highest BCUT2D eigenvalue weighted by Gasteiger charge is 2.45. The van der Waals surface area contributed by atoms with Gasteiger partial charge in [0, 0.05) is 59.3 Å². The molecule has 0 spiro atoms. The molecule has 0 saturated heterocycles. The number of hydrogen-bond acceptors (Lipinski definition) is 4. The zero-order valence-corrected chi connectivity index (χ0v) is 20.5. The van der Waals surface area contributed by atoms with Crippen LogP contribution in [0.2, 0.25) is 0 Å². The Hall–Kier alpha value is -2.55. The van der Waals surface area contributed by atoms with Crippen molar-refractivity contribution >= 4 is 40.2 Å². The molecule has 0 fully saturated rings. The van der Waals surface area contributed by atoms with Crippen molar-refractivity contribution in [3.8, 4) is 0 Å². The van der Waals surface area contributed by atoms with Crippen LogP contribution in [-0.2, 0) is 0 Å². The molecule has 0 amide bonds. The van der Waals surface area contributed by atoms with Crippen LogP contribution in [0, 0.1) is 0 Å². The fourth-order valence-electron chi connectivity index (χ4n) is 4.00. The van der Waals surface area contributed by atoms with E-state index in [0.717, 1.165) is 6.16 Å². The van der Waals surface area contributed by atoms with E-state index in [1.807, 2.05) is 0 Å². The first-order valence-electron chi connectivity index (χ1n) is 10.6. The number of hydrogen-bond donors (Lipinski definition) is 1. The minimum Gasteiger partial charge on any atom is -0.393 e. The first kappa shape index (κ1) is 23.1. The molecule has 1 N–H and O–H groups in total. The third-order valence-corrected chi connectivity index (χ3v) is 10.3.